The molecule has 0 aromatic heterocycles. The fourth-order valence-electron chi connectivity index (χ4n) is 2.04. The first-order chi connectivity index (χ1) is 11.1. The van der Waals surface area contributed by atoms with E-state index in [4.69, 9.17) is 15.2 Å². The van der Waals surface area contributed by atoms with Crippen molar-refractivity contribution in [2.24, 2.45) is 0 Å². The van der Waals surface area contributed by atoms with Gasteiger partial charge in [0.1, 0.15) is 5.75 Å². The van der Waals surface area contributed by atoms with Crippen molar-refractivity contribution in [2.45, 2.75) is 6.92 Å². The van der Waals surface area contributed by atoms with E-state index in [0.717, 1.165) is 5.56 Å². The number of carbonyl (C=O) groups excluding carboxylic acids is 1. The highest BCUT2D eigenvalue weighted by Crippen LogP contribution is 2.27. The van der Waals surface area contributed by atoms with Crippen LogP contribution < -0.4 is 15.8 Å². The summed E-state index contributed by atoms with van der Waals surface area (Å²) in [6, 6.07) is 14.8. The van der Waals surface area contributed by atoms with Gasteiger partial charge in [-0.1, -0.05) is 30.3 Å². The molecule has 0 saturated heterocycles. The topological polar surface area (TPSA) is 73.6 Å². The van der Waals surface area contributed by atoms with Gasteiger partial charge in [0.05, 0.1) is 30.8 Å². The normalized spacial score (nSPS) is 11.0. The van der Waals surface area contributed by atoms with Crippen molar-refractivity contribution in [3.8, 4) is 5.75 Å². The lowest BCUT2D eigenvalue weighted by atomic mass is 10.1. The second-order valence-electron chi connectivity index (χ2n) is 4.75. The van der Waals surface area contributed by atoms with Crippen LogP contribution in [0.1, 0.15) is 12.5 Å². The fourth-order valence-corrected chi connectivity index (χ4v) is 2.04. The maximum Gasteiger partial charge on any atom is 0.332 e. The van der Waals surface area contributed by atoms with Crippen LogP contribution in [-0.4, -0.2) is 19.7 Å². The number of nitrogen functional groups attached to an aromatic ring is 1. The first kappa shape index (κ1) is 16.4. The lowest BCUT2D eigenvalue weighted by Crippen LogP contribution is -2.07. The van der Waals surface area contributed by atoms with Gasteiger partial charge < -0.3 is 20.5 Å². The molecule has 0 aliphatic heterocycles. The van der Waals surface area contributed by atoms with Crippen LogP contribution in [0.5, 0.6) is 5.75 Å². The Hall–Kier alpha value is -2.95. The number of benzene rings is 2. The van der Waals surface area contributed by atoms with E-state index in [0.29, 0.717) is 29.4 Å². The minimum Gasteiger partial charge on any atom is -0.497 e. The van der Waals surface area contributed by atoms with Gasteiger partial charge in [0.2, 0.25) is 0 Å². The Morgan fingerprint density at radius 1 is 1.22 bits per heavy atom. The molecule has 0 saturated carbocycles. The van der Waals surface area contributed by atoms with Crippen molar-refractivity contribution in [2.75, 3.05) is 24.8 Å². The van der Waals surface area contributed by atoms with E-state index in [1.54, 1.807) is 32.2 Å². The Balaban J connectivity index is 2.33. The highest BCUT2D eigenvalue weighted by molar-refractivity contribution is 5.95. The van der Waals surface area contributed by atoms with Crippen molar-refractivity contribution in [3.63, 3.8) is 0 Å². The molecule has 0 aliphatic carbocycles. The van der Waals surface area contributed by atoms with E-state index in [2.05, 4.69) is 5.32 Å². The van der Waals surface area contributed by atoms with Gasteiger partial charge >= 0.3 is 5.97 Å². The van der Waals surface area contributed by atoms with Crippen molar-refractivity contribution in [1.82, 2.24) is 0 Å². The largest absolute Gasteiger partial charge is 0.497 e. The third-order valence-electron chi connectivity index (χ3n) is 3.16. The molecule has 23 heavy (non-hydrogen) atoms. The van der Waals surface area contributed by atoms with Crippen LogP contribution in [0.15, 0.2) is 54.6 Å². The molecule has 0 atom stereocenters. The Labute approximate surface area is 135 Å². The zero-order valence-electron chi connectivity index (χ0n) is 13.2. The molecule has 0 aliphatic rings. The van der Waals surface area contributed by atoms with Crippen molar-refractivity contribution in [1.29, 1.82) is 0 Å². The van der Waals surface area contributed by atoms with Gasteiger partial charge in [0, 0.05) is 12.1 Å². The van der Waals surface area contributed by atoms with Crippen LogP contribution in [0.25, 0.3) is 5.70 Å². The summed E-state index contributed by atoms with van der Waals surface area (Å²) in [4.78, 5) is 11.8. The number of hydrogen-bond acceptors (Lipinski definition) is 5. The van der Waals surface area contributed by atoms with Gasteiger partial charge in [-0.25, -0.2) is 4.79 Å². The first-order valence-corrected chi connectivity index (χ1v) is 7.28. The molecule has 5 nitrogen and oxygen atoms in total. The van der Waals surface area contributed by atoms with Crippen molar-refractivity contribution in [3.05, 3.63) is 60.2 Å². The first-order valence-electron chi connectivity index (χ1n) is 7.28. The van der Waals surface area contributed by atoms with Crippen LogP contribution in [0, 0.1) is 0 Å². The van der Waals surface area contributed by atoms with E-state index < -0.39 is 5.97 Å². The quantitative estimate of drug-likeness (QED) is 0.486. The molecule has 0 amide bonds. The highest BCUT2D eigenvalue weighted by Gasteiger charge is 2.08. The standard InChI is InChI=1S/C18H20N2O3/c1-3-23-18(21)12-17(13-7-5-4-6-8-13)20-16-10-9-14(22-2)11-15(16)19/h4-12,20H,3,19H2,1-2H3. The smallest absolute Gasteiger partial charge is 0.332 e. The van der Waals surface area contributed by atoms with Crippen LogP contribution >= 0.6 is 0 Å². The molecule has 2 aromatic carbocycles. The summed E-state index contributed by atoms with van der Waals surface area (Å²) >= 11 is 0. The summed E-state index contributed by atoms with van der Waals surface area (Å²) in [6.45, 7) is 2.09. The summed E-state index contributed by atoms with van der Waals surface area (Å²) in [7, 11) is 1.58. The molecule has 5 heteroatoms. The minimum absolute atomic E-state index is 0.322. The Bertz CT molecular complexity index is 697. The van der Waals surface area contributed by atoms with Crippen LogP contribution in [0.4, 0.5) is 11.4 Å². The monoisotopic (exact) mass is 312 g/mol. The zero-order valence-corrected chi connectivity index (χ0v) is 13.2. The summed E-state index contributed by atoms with van der Waals surface area (Å²) < 4.78 is 10.1. The second kappa shape index (κ2) is 7.89. The maximum absolute atomic E-state index is 11.8. The third kappa shape index (κ3) is 4.51. The summed E-state index contributed by atoms with van der Waals surface area (Å²) in [5.74, 6) is 0.259. The predicted molar refractivity (Wildman–Crippen MR) is 92.1 cm³/mol. The van der Waals surface area contributed by atoms with Gasteiger partial charge in [-0.05, 0) is 24.6 Å². The maximum atomic E-state index is 11.8. The Morgan fingerprint density at radius 3 is 2.57 bits per heavy atom. The number of ether oxygens (including phenoxy) is 2. The number of methoxy groups -OCH3 is 1. The number of esters is 1. The highest BCUT2D eigenvalue weighted by atomic mass is 16.5. The van der Waals surface area contributed by atoms with Gasteiger partial charge in [0.15, 0.2) is 0 Å². The van der Waals surface area contributed by atoms with Crippen LogP contribution in [0.3, 0.4) is 0 Å². The second-order valence-corrected chi connectivity index (χ2v) is 4.75. The van der Waals surface area contributed by atoms with E-state index in [-0.39, 0.29) is 0 Å². The Kier molecular flexibility index (Phi) is 5.63. The van der Waals surface area contributed by atoms with E-state index >= 15 is 0 Å². The minimum atomic E-state index is -0.411. The molecule has 0 fully saturated rings. The number of nitrogens with one attached hydrogen (secondary N) is 1. The van der Waals surface area contributed by atoms with Gasteiger partial charge in [-0.2, -0.15) is 0 Å². The number of anilines is 2. The molecule has 0 radical (unpaired) electrons. The van der Waals surface area contributed by atoms with Crippen molar-refractivity contribution < 1.29 is 14.3 Å². The third-order valence-corrected chi connectivity index (χ3v) is 3.16. The summed E-state index contributed by atoms with van der Waals surface area (Å²) in [5.41, 5.74) is 8.70. The van der Waals surface area contributed by atoms with Crippen LogP contribution in [0.2, 0.25) is 0 Å². The zero-order chi connectivity index (χ0) is 16.7. The van der Waals surface area contributed by atoms with E-state index in [1.807, 2.05) is 30.3 Å². The van der Waals surface area contributed by atoms with Crippen molar-refractivity contribution >= 4 is 23.0 Å². The fraction of sp³-hybridized carbons (Fsp3) is 0.167. The van der Waals surface area contributed by atoms with Crippen LogP contribution in [-0.2, 0) is 9.53 Å². The average molecular weight is 312 g/mol. The van der Waals surface area contributed by atoms with Gasteiger partial charge in [0.25, 0.3) is 0 Å². The Morgan fingerprint density at radius 2 is 1.96 bits per heavy atom. The summed E-state index contributed by atoms with van der Waals surface area (Å²) in [5, 5.41) is 3.18. The molecule has 2 aromatic rings. The molecule has 3 N–H and O–H groups in total. The number of hydrogen-bond donors (Lipinski definition) is 2. The molecule has 0 bridgehead atoms. The van der Waals surface area contributed by atoms with E-state index in [9.17, 15) is 4.79 Å². The average Bonchev–Trinajstić information content (AvgIpc) is 2.57. The number of rotatable bonds is 6. The number of carbonyl (C=O) groups is 1. The number of nitrogens with two attached hydrogens (primary N) is 1. The molecule has 0 unspecified atom stereocenters. The predicted octanol–water partition coefficient (Wildman–Crippen LogP) is 3.29. The SMILES string of the molecule is CCOC(=O)C=C(Nc1ccc(OC)cc1N)c1ccccc1. The van der Waals surface area contributed by atoms with Gasteiger partial charge in [-0.3, -0.25) is 0 Å². The molecule has 2 rings (SSSR count). The lowest BCUT2D eigenvalue weighted by Gasteiger charge is -2.14. The summed E-state index contributed by atoms with van der Waals surface area (Å²) in [6.07, 6.45) is 1.42. The molecule has 120 valence electrons. The lowest BCUT2D eigenvalue weighted by molar-refractivity contribution is -0.137. The molecule has 0 heterocycles. The molecular formula is C18H20N2O3. The molecule has 0 spiro atoms. The van der Waals surface area contributed by atoms with E-state index in [1.165, 1.54) is 6.08 Å². The molecular weight excluding hydrogens is 292 g/mol. The van der Waals surface area contributed by atoms with Gasteiger partial charge in [-0.15, -0.1) is 0 Å².